The Morgan fingerprint density at radius 2 is 2.19 bits per heavy atom. The van der Waals surface area contributed by atoms with E-state index in [1.54, 1.807) is 6.20 Å². The molecule has 0 N–H and O–H groups in total. The largest absolute Gasteiger partial charge is 0.356 e. The summed E-state index contributed by atoms with van der Waals surface area (Å²) in [6.07, 6.45) is 3.99. The third-order valence-electron chi connectivity index (χ3n) is 3.68. The molecule has 2 aromatic heterocycles. The SMILES string of the molecule is Cc1nc([C@H]2CCCN(c3ccnc(N(C)C)n3)C2)no1. The van der Waals surface area contributed by atoms with Crippen LogP contribution in [0.4, 0.5) is 11.8 Å². The summed E-state index contributed by atoms with van der Waals surface area (Å²) in [5.74, 6) is 3.41. The maximum absolute atomic E-state index is 5.10. The van der Waals surface area contributed by atoms with Gasteiger partial charge in [0.15, 0.2) is 5.82 Å². The first-order valence-corrected chi connectivity index (χ1v) is 7.19. The fourth-order valence-electron chi connectivity index (χ4n) is 2.61. The molecule has 0 amide bonds. The Hall–Kier alpha value is -2.18. The second kappa shape index (κ2) is 5.67. The van der Waals surface area contributed by atoms with E-state index in [0.717, 1.165) is 43.5 Å². The molecule has 1 saturated heterocycles. The molecule has 3 rings (SSSR count). The van der Waals surface area contributed by atoms with Crippen molar-refractivity contribution in [1.82, 2.24) is 20.1 Å². The van der Waals surface area contributed by atoms with Gasteiger partial charge in [-0.15, -0.1) is 0 Å². The van der Waals surface area contributed by atoms with Crippen molar-refractivity contribution in [3.8, 4) is 0 Å². The Kier molecular flexibility index (Phi) is 3.72. The van der Waals surface area contributed by atoms with Crippen LogP contribution in [-0.2, 0) is 0 Å². The van der Waals surface area contributed by atoms with Gasteiger partial charge in [0.2, 0.25) is 11.8 Å². The lowest BCUT2D eigenvalue weighted by atomic mass is 9.97. The molecule has 0 radical (unpaired) electrons. The summed E-state index contributed by atoms with van der Waals surface area (Å²) in [5, 5.41) is 4.06. The van der Waals surface area contributed by atoms with Crippen molar-refractivity contribution in [3.05, 3.63) is 24.0 Å². The molecule has 112 valence electrons. The fraction of sp³-hybridized carbons (Fsp3) is 0.571. The van der Waals surface area contributed by atoms with Gasteiger partial charge >= 0.3 is 0 Å². The first-order chi connectivity index (χ1) is 10.1. The van der Waals surface area contributed by atoms with E-state index < -0.39 is 0 Å². The van der Waals surface area contributed by atoms with Gasteiger partial charge in [-0.1, -0.05) is 5.16 Å². The summed E-state index contributed by atoms with van der Waals surface area (Å²) in [6, 6.07) is 1.96. The predicted molar refractivity (Wildman–Crippen MR) is 79.6 cm³/mol. The molecule has 1 aliphatic heterocycles. The molecule has 0 aromatic carbocycles. The zero-order chi connectivity index (χ0) is 14.8. The van der Waals surface area contributed by atoms with Crippen molar-refractivity contribution in [2.24, 2.45) is 0 Å². The van der Waals surface area contributed by atoms with Crippen molar-refractivity contribution in [3.63, 3.8) is 0 Å². The van der Waals surface area contributed by atoms with E-state index in [9.17, 15) is 0 Å². The highest BCUT2D eigenvalue weighted by atomic mass is 16.5. The van der Waals surface area contributed by atoms with E-state index in [0.29, 0.717) is 11.8 Å². The molecular formula is C14H20N6O. The first-order valence-electron chi connectivity index (χ1n) is 7.19. The number of nitrogens with zero attached hydrogens (tertiary/aromatic N) is 6. The third-order valence-corrected chi connectivity index (χ3v) is 3.68. The highest BCUT2D eigenvalue weighted by Gasteiger charge is 2.26. The lowest BCUT2D eigenvalue weighted by Gasteiger charge is -2.32. The molecular weight excluding hydrogens is 268 g/mol. The maximum Gasteiger partial charge on any atom is 0.226 e. The van der Waals surface area contributed by atoms with E-state index in [4.69, 9.17) is 4.52 Å². The summed E-state index contributed by atoms with van der Waals surface area (Å²) in [5.41, 5.74) is 0. The van der Waals surface area contributed by atoms with Crippen molar-refractivity contribution in [1.29, 1.82) is 0 Å². The number of hydrogen-bond acceptors (Lipinski definition) is 7. The first kappa shape index (κ1) is 13.8. The Labute approximate surface area is 124 Å². The molecule has 1 aliphatic rings. The number of rotatable bonds is 3. The minimum absolute atomic E-state index is 0.300. The van der Waals surface area contributed by atoms with Crippen LogP contribution < -0.4 is 9.80 Å². The van der Waals surface area contributed by atoms with Crippen LogP contribution in [-0.4, -0.2) is 47.3 Å². The smallest absolute Gasteiger partial charge is 0.226 e. The summed E-state index contributed by atoms with van der Waals surface area (Å²) >= 11 is 0. The molecule has 0 spiro atoms. The van der Waals surface area contributed by atoms with Crippen LogP contribution in [0.2, 0.25) is 0 Å². The quantitative estimate of drug-likeness (QED) is 0.849. The number of aromatic nitrogens is 4. The Morgan fingerprint density at radius 1 is 1.33 bits per heavy atom. The minimum atomic E-state index is 0.300. The second-order valence-corrected chi connectivity index (χ2v) is 5.57. The summed E-state index contributed by atoms with van der Waals surface area (Å²) in [6.45, 7) is 3.69. The van der Waals surface area contributed by atoms with Crippen molar-refractivity contribution >= 4 is 11.8 Å². The van der Waals surface area contributed by atoms with E-state index >= 15 is 0 Å². The molecule has 0 saturated carbocycles. The zero-order valence-corrected chi connectivity index (χ0v) is 12.7. The van der Waals surface area contributed by atoms with Crippen molar-refractivity contribution < 1.29 is 4.52 Å². The monoisotopic (exact) mass is 288 g/mol. The summed E-state index contributed by atoms with van der Waals surface area (Å²) < 4.78 is 5.10. The van der Waals surface area contributed by atoms with Crippen LogP contribution in [0.15, 0.2) is 16.8 Å². The molecule has 1 fully saturated rings. The molecule has 7 nitrogen and oxygen atoms in total. The fourth-order valence-corrected chi connectivity index (χ4v) is 2.61. The Bertz CT molecular complexity index is 611. The summed E-state index contributed by atoms with van der Waals surface area (Å²) in [7, 11) is 3.89. The standard InChI is InChI=1S/C14H20N6O/c1-10-16-13(18-21-10)11-5-4-8-20(9-11)12-6-7-15-14(17-12)19(2)3/h6-7,11H,4-5,8-9H2,1-3H3/t11-/m0/s1. The number of anilines is 2. The zero-order valence-electron chi connectivity index (χ0n) is 12.7. The third kappa shape index (κ3) is 2.96. The van der Waals surface area contributed by atoms with Gasteiger partial charge in [0.05, 0.1) is 0 Å². The summed E-state index contributed by atoms with van der Waals surface area (Å²) in [4.78, 5) is 17.4. The van der Waals surface area contributed by atoms with Crippen LogP contribution in [0.25, 0.3) is 0 Å². The Balaban J connectivity index is 1.78. The molecule has 0 aliphatic carbocycles. The van der Waals surface area contributed by atoms with Crippen LogP contribution in [0.5, 0.6) is 0 Å². The van der Waals surface area contributed by atoms with Crippen LogP contribution >= 0.6 is 0 Å². The highest BCUT2D eigenvalue weighted by molar-refractivity contribution is 5.43. The van der Waals surface area contributed by atoms with E-state index in [2.05, 4.69) is 25.0 Å². The molecule has 0 bridgehead atoms. The van der Waals surface area contributed by atoms with Gasteiger partial charge in [-0.3, -0.25) is 0 Å². The number of hydrogen-bond donors (Lipinski definition) is 0. The van der Waals surface area contributed by atoms with E-state index in [-0.39, 0.29) is 0 Å². The van der Waals surface area contributed by atoms with Gasteiger partial charge in [0.25, 0.3) is 0 Å². The predicted octanol–water partition coefficient (Wildman–Crippen LogP) is 1.62. The lowest BCUT2D eigenvalue weighted by molar-refractivity contribution is 0.376. The van der Waals surface area contributed by atoms with E-state index in [1.165, 1.54) is 0 Å². The Morgan fingerprint density at radius 3 is 2.90 bits per heavy atom. The average molecular weight is 288 g/mol. The lowest BCUT2D eigenvalue weighted by Crippen LogP contribution is -2.35. The number of aryl methyl sites for hydroxylation is 1. The topological polar surface area (TPSA) is 71.2 Å². The number of piperidine rings is 1. The minimum Gasteiger partial charge on any atom is -0.356 e. The van der Waals surface area contributed by atoms with Crippen LogP contribution in [0.3, 0.4) is 0 Å². The molecule has 0 unspecified atom stereocenters. The van der Waals surface area contributed by atoms with Gasteiger partial charge in [0, 0.05) is 46.2 Å². The highest BCUT2D eigenvalue weighted by Crippen LogP contribution is 2.27. The van der Waals surface area contributed by atoms with Crippen LogP contribution in [0.1, 0.15) is 30.5 Å². The van der Waals surface area contributed by atoms with Gasteiger partial charge in [-0.25, -0.2) is 4.98 Å². The van der Waals surface area contributed by atoms with Gasteiger partial charge < -0.3 is 14.3 Å². The maximum atomic E-state index is 5.10. The normalized spacial score (nSPS) is 18.8. The molecule has 3 heterocycles. The van der Waals surface area contributed by atoms with Gasteiger partial charge in [-0.2, -0.15) is 9.97 Å². The second-order valence-electron chi connectivity index (χ2n) is 5.57. The van der Waals surface area contributed by atoms with Crippen molar-refractivity contribution in [2.45, 2.75) is 25.7 Å². The van der Waals surface area contributed by atoms with Crippen molar-refractivity contribution in [2.75, 3.05) is 37.0 Å². The van der Waals surface area contributed by atoms with Gasteiger partial charge in [-0.05, 0) is 18.9 Å². The van der Waals surface area contributed by atoms with Gasteiger partial charge in [0.1, 0.15) is 5.82 Å². The average Bonchev–Trinajstić information content (AvgIpc) is 2.94. The van der Waals surface area contributed by atoms with E-state index in [1.807, 2.05) is 32.0 Å². The molecule has 21 heavy (non-hydrogen) atoms. The molecule has 7 heteroatoms. The molecule has 2 aromatic rings. The van der Waals surface area contributed by atoms with Crippen LogP contribution in [0, 0.1) is 6.92 Å². The molecule has 1 atom stereocenters.